The predicted octanol–water partition coefficient (Wildman–Crippen LogP) is -0.395. The van der Waals surface area contributed by atoms with Gasteiger partial charge < -0.3 is 21.1 Å². The number of nitrogens with two attached hydrogens (primary N) is 1. The third kappa shape index (κ3) is 2.42. The molecule has 0 bridgehead atoms. The maximum absolute atomic E-state index is 9.90. The van der Waals surface area contributed by atoms with Crippen molar-refractivity contribution in [3.05, 3.63) is 17.2 Å². The zero-order chi connectivity index (χ0) is 13.3. The van der Waals surface area contributed by atoms with Crippen molar-refractivity contribution < 1.29 is 15.3 Å². The van der Waals surface area contributed by atoms with Crippen LogP contribution in [0.2, 0.25) is 5.15 Å². The molecule has 1 aliphatic rings. The lowest BCUT2D eigenvalue weighted by Gasteiger charge is -2.16. The van der Waals surface area contributed by atoms with Gasteiger partial charge in [-0.25, -0.2) is 9.97 Å². The van der Waals surface area contributed by atoms with Crippen LogP contribution in [0.3, 0.4) is 0 Å². The number of nitrogen functional groups attached to an aromatic ring is 1. The first-order valence-electron chi connectivity index (χ1n) is 5.76. The molecule has 1 aromatic heterocycles. The van der Waals surface area contributed by atoms with Crippen molar-refractivity contribution in [2.45, 2.75) is 25.0 Å². The summed E-state index contributed by atoms with van der Waals surface area (Å²) in [6.07, 6.45) is 0.465. The van der Waals surface area contributed by atoms with Crippen molar-refractivity contribution in [2.24, 2.45) is 11.8 Å². The van der Waals surface area contributed by atoms with Crippen LogP contribution >= 0.6 is 11.6 Å². The summed E-state index contributed by atoms with van der Waals surface area (Å²) in [5.41, 5.74) is 6.62. The zero-order valence-corrected chi connectivity index (χ0v) is 10.5. The average molecular weight is 274 g/mol. The second kappa shape index (κ2) is 5.36. The molecule has 18 heavy (non-hydrogen) atoms. The Morgan fingerprint density at radius 2 is 1.94 bits per heavy atom. The van der Waals surface area contributed by atoms with E-state index in [1.807, 2.05) is 0 Å². The van der Waals surface area contributed by atoms with Crippen LogP contribution in [0, 0.1) is 11.8 Å². The minimum absolute atomic E-state index is 0.144. The van der Waals surface area contributed by atoms with Gasteiger partial charge in [0.1, 0.15) is 6.33 Å². The van der Waals surface area contributed by atoms with Gasteiger partial charge in [-0.05, 0) is 18.8 Å². The molecular formula is C11H16ClN3O3. The first-order valence-corrected chi connectivity index (χ1v) is 6.14. The third-order valence-corrected chi connectivity index (χ3v) is 3.83. The highest BCUT2D eigenvalue weighted by atomic mass is 35.5. The fourth-order valence-corrected chi connectivity index (χ4v) is 2.58. The maximum Gasteiger partial charge on any atom is 0.155 e. The molecule has 4 atom stereocenters. The van der Waals surface area contributed by atoms with Crippen LogP contribution in [0.25, 0.3) is 0 Å². The average Bonchev–Trinajstić information content (AvgIpc) is 2.63. The summed E-state index contributed by atoms with van der Waals surface area (Å²) >= 11 is 5.79. The number of aliphatic hydroxyl groups is 3. The van der Waals surface area contributed by atoms with Gasteiger partial charge in [0.25, 0.3) is 0 Å². The molecule has 0 amide bonds. The van der Waals surface area contributed by atoms with E-state index in [2.05, 4.69) is 9.97 Å². The van der Waals surface area contributed by atoms with Crippen LogP contribution in [-0.2, 0) is 6.42 Å². The number of aromatic nitrogens is 2. The summed E-state index contributed by atoms with van der Waals surface area (Å²) in [5.74, 6) is -0.492. The second-order valence-corrected chi connectivity index (χ2v) is 5.01. The van der Waals surface area contributed by atoms with Gasteiger partial charge in [0.05, 0.1) is 23.6 Å². The van der Waals surface area contributed by atoms with Gasteiger partial charge in [0, 0.05) is 12.5 Å². The van der Waals surface area contributed by atoms with Crippen LogP contribution in [0.1, 0.15) is 12.1 Å². The molecule has 1 saturated carbocycles. The van der Waals surface area contributed by atoms with Crippen molar-refractivity contribution in [3.8, 4) is 0 Å². The highest BCUT2D eigenvalue weighted by Crippen LogP contribution is 2.34. The molecule has 0 aromatic carbocycles. The summed E-state index contributed by atoms with van der Waals surface area (Å²) in [4.78, 5) is 7.79. The first kappa shape index (κ1) is 13.5. The lowest BCUT2D eigenvalue weighted by atomic mass is 9.98. The Kier molecular flexibility index (Phi) is 4.01. The molecule has 1 aliphatic carbocycles. The van der Waals surface area contributed by atoms with Crippen LogP contribution in [0.5, 0.6) is 0 Å². The van der Waals surface area contributed by atoms with Crippen molar-refractivity contribution >= 4 is 17.3 Å². The Labute approximate surface area is 109 Å². The van der Waals surface area contributed by atoms with E-state index >= 15 is 0 Å². The van der Waals surface area contributed by atoms with Gasteiger partial charge >= 0.3 is 0 Å². The number of anilines is 1. The molecule has 0 unspecified atom stereocenters. The van der Waals surface area contributed by atoms with Gasteiger partial charge in [-0.1, -0.05) is 11.6 Å². The summed E-state index contributed by atoms with van der Waals surface area (Å²) in [5, 5.41) is 28.9. The molecule has 1 fully saturated rings. The lowest BCUT2D eigenvalue weighted by molar-refractivity contribution is -0.00587. The standard InChI is InChI=1S/C11H16ClN3O3/c12-11-8(13)7(14-4-15-11)2-5-1-6(3-16)10(18)9(5)17/h4-6,9-10,16-18H,1-3,13H2/t5-,6+,9-,10+/m0/s1. The Morgan fingerprint density at radius 3 is 2.56 bits per heavy atom. The molecule has 0 aliphatic heterocycles. The highest BCUT2D eigenvalue weighted by molar-refractivity contribution is 6.31. The van der Waals surface area contributed by atoms with E-state index in [4.69, 9.17) is 22.4 Å². The monoisotopic (exact) mass is 273 g/mol. The van der Waals surface area contributed by atoms with Gasteiger partial charge in [-0.3, -0.25) is 0 Å². The number of halogens is 1. The minimum atomic E-state index is -0.904. The third-order valence-electron chi connectivity index (χ3n) is 3.53. The molecule has 0 saturated heterocycles. The fourth-order valence-electron chi connectivity index (χ4n) is 2.43. The highest BCUT2D eigenvalue weighted by Gasteiger charge is 2.41. The largest absolute Gasteiger partial charge is 0.396 e. The van der Waals surface area contributed by atoms with E-state index in [9.17, 15) is 10.2 Å². The van der Waals surface area contributed by atoms with Crippen LogP contribution in [-0.4, -0.2) is 44.1 Å². The van der Waals surface area contributed by atoms with Crippen molar-refractivity contribution in [2.75, 3.05) is 12.3 Å². The van der Waals surface area contributed by atoms with E-state index < -0.39 is 12.2 Å². The fraction of sp³-hybridized carbons (Fsp3) is 0.636. The Morgan fingerprint density at radius 1 is 1.28 bits per heavy atom. The molecule has 6 nitrogen and oxygen atoms in total. The Bertz CT molecular complexity index is 432. The number of rotatable bonds is 3. The molecular weight excluding hydrogens is 258 g/mol. The predicted molar refractivity (Wildman–Crippen MR) is 65.9 cm³/mol. The molecule has 0 radical (unpaired) electrons. The van der Waals surface area contributed by atoms with Crippen molar-refractivity contribution in [1.82, 2.24) is 9.97 Å². The van der Waals surface area contributed by atoms with E-state index in [1.165, 1.54) is 6.33 Å². The molecule has 5 N–H and O–H groups in total. The van der Waals surface area contributed by atoms with Crippen LogP contribution < -0.4 is 5.73 Å². The van der Waals surface area contributed by atoms with Gasteiger partial charge in [-0.15, -0.1) is 0 Å². The second-order valence-electron chi connectivity index (χ2n) is 4.65. The quantitative estimate of drug-likeness (QED) is 0.558. The summed E-state index contributed by atoms with van der Waals surface area (Å²) < 4.78 is 0. The summed E-state index contributed by atoms with van der Waals surface area (Å²) in [6.45, 7) is -0.144. The smallest absolute Gasteiger partial charge is 0.155 e. The number of hydrogen-bond acceptors (Lipinski definition) is 6. The molecule has 2 rings (SSSR count). The Hall–Kier alpha value is -0.950. The van der Waals surface area contributed by atoms with E-state index in [1.54, 1.807) is 0 Å². The van der Waals surface area contributed by atoms with Crippen LogP contribution in [0.15, 0.2) is 6.33 Å². The molecule has 0 spiro atoms. The SMILES string of the molecule is Nc1c(Cl)ncnc1C[C@@H]1C[C@H](CO)[C@@H](O)[C@H]1O. The first-order chi connectivity index (χ1) is 8.54. The number of nitrogens with zero attached hydrogens (tertiary/aromatic N) is 2. The minimum Gasteiger partial charge on any atom is -0.396 e. The number of hydrogen-bond donors (Lipinski definition) is 4. The van der Waals surface area contributed by atoms with E-state index in [-0.39, 0.29) is 23.6 Å². The van der Waals surface area contributed by atoms with Gasteiger partial charge in [0.2, 0.25) is 0 Å². The zero-order valence-electron chi connectivity index (χ0n) is 9.70. The molecule has 1 aromatic rings. The van der Waals surface area contributed by atoms with E-state index in [0.717, 1.165) is 0 Å². The Balaban J connectivity index is 2.13. The summed E-state index contributed by atoms with van der Waals surface area (Å²) in [6, 6.07) is 0. The normalized spacial score (nSPS) is 31.8. The lowest BCUT2D eigenvalue weighted by Crippen LogP contribution is -2.30. The summed E-state index contributed by atoms with van der Waals surface area (Å²) in [7, 11) is 0. The number of aliphatic hydroxyl groups excluding tert-OH is 3. The van der Waals surface area contributed by atoms with E-state index in [0.29, 0.717) is 24.2 Å². The van der Waals surface area contributed by atoms with Crippen LogP contribution in [0.4, 0.5) is 5.69 Å². The molecule has 7 heteroatoms. The molecule has 100 valence electrons. The van der Waals surface area contributed by atoms with Crippen molar-refractivity contribution in [1.29, 1.82) is 0 Å². The topological polar surface area (TPSA) is 112 Å². The van der Waals surface area contributed by atoms with Gasteiger partial charge in [-0.2, -0.15) is 0 Å². The van der Waals surface area contributed by atoms with Crippen molar-refractivity contribution in [3.63, 3.8) is 0 Å². The molecule has 1 heterocycles. The maximum atomic E-state index is 9.90. The van der Waals surface area contributed by atoms with Gasteiger partial charge in [0.15, 0.2) is 5.15 Å².